The fourth-order valence-electron chi connectivity index (χ4n) is 3.02. The summed E-state index contributed by atoms with van der Waals surface area (Å²) in [5.41, 5.74) is -0.441. The molecule has 0 amide bonds. The van der Waals surface area contributed by atoms with Crippen LogP contribution < -0.4 is 0 Å². The normalized spacial score (nSPS) is 22.9. The Morgan fingerprint density at radius 2 is 1.67 bits per heavy atom. The standard InChI is InChI=1S/C16H17NO4/c17-11-12-1-3-13(4-2-12)14(18)15(19)5-7-16(8-6-15)20-9-10-21-16/h1-4,19H,5-10H2. The van der Waals surface area contributed by atoms with Gasteiger partial charge in [0.1, 0.15) is 5.60 Å². The third-order valence-corrected chi connectivity index (χ3v) is 4.35. The predicted octanol–water partition coefficient (Wildman–Crippen LogP) is 1.79. The number of carbonyl (C=O) groups is 1. The molecule has 0 atom stereocenters. The Labute approximate surface area is 123 Å². The zero-order valence-electron chi connectivity index (χ0n) is 11.7. The van der Waals surface area contributed by atoms with E-state index in [0.29, 0.717) is 50.0 Å². The molecule has 5 heteroatoms. The molecule has 21 heavy (non-hydrogen) atoms. The zero-order valence-corrected chi connectivity index (χ0v) is 11.7. The summed E-state index contributed by atoms with van der Waals surface area (Å²) in [6, 6.07) is 8.36. The first-order valence-electron chi connectivity index (χ1n) is 7.12. The van der Waals surface area contributed by atoms with Crippen LogP contribution in [0.4, 0.5) is 0 Å². The van der Waals surface area contributed by atoms with Gasteiger partial charge in [-0.3, -0.25) is 4.79 Å². The minimum atomic E-state index is -1.37. The van der Waals surface area contributed by atoms with Gasteiger partial charge in [0.2, 0.25) is 0 Å². The molecule has 0 bridgehead atoms. The molecular weight excluding hydrogens is 270 g/mol. The highest BCUT2D eigenvalue weighted by atomic mass is 16.7. The summed E-state index contributed by atoms with van der Waals surface area (Å²) in [4.78, 5) is 12.5. The molecule has 1 N–H and O–H groups in total. The average Bonchev–Trinajstić information content (AvgIpc) is 2.99. The lowest BCUT2D eigenvalue weighted by molar-refractivity contribution is -0.195. The fourth-order valence-corrected chi connectivity index (χ4v) is 3.02. The molecule has 3 rings (SSSR count). The number of hydrogen-bond donors (Lipinski definition) is 1. The first-order chi connectivity index (χ1) is 10.1. The summed E-state index contributed by atoms with van der Waals surface area (Å²) in [6.45, 7) is 1.14. The highest BCUT2D eigenvalue weighted by molar-refractivity contribution is 6.02. The number of benzene rings is 1. The molecule has 2 fully saturated rings. The molecule has 5 nitrogen and oxygen atoms in total. The zero-order chi connectivity index (χ0) is 14.9. The first kappa shape index (κ1) is 14.2. The van der Waals surface area contributed by atoms with Gasteiger partial charge >= 0.3 is 0 Å². The minimum Gasteiger partial charge on any atom is -0.382 e. The number of hydrogen-bond acceptors (Lipinski definition) is 5. The largest absolute Gasteiger partial charge is 0.382 e. The molecule has 1 aliphatic carbocycles. The number of nitrogens with zero attached hydrogens (tertiary/aromatic N) is 1. The van der Waals surface area contributed by atoms with Crippen molar-refractivity contribution in [1.82, 2.24) is 0 Å². The van der Waals surface area contributed by atoms with E-state index in [0.717, 1.165) is 0 Å². The van der Waals surface area contributed by atoms with Crippen LogP contribution in [0.5, 0.6) is 0 Å². The Morgan fingerprint density at radius 3 is 2.19 bits per heavy atom. The van der Waals surface area contributed by atoms with Crippen LogP contribution in [0.3, 0.4) is 0 Å². The van der Waals surface area contributed by atoms with E-state index in [1.54, 1.807) is 24.3 Å². The van der Waals surface area contributed by atoms with Gasteiger partial charge in [-0.25, -0.2) is 0 Å². The topological polar surface area (TPSA) is 79.6 Å². The summed E-state index contributed by atoms with van der Waals surface area (Å²) < 4.78 is 11.2. The summed E-state index contributed by atoms with van der Waals surface area (Å²) in [5.74, 6) is -0.892. The van der Waals surface area contributed by atoms with Crippen molar-refractivity contribution in [3.05, 3.63) is 35.4 Å². The van der Waals surface area contributed by atoms with Crippen LogP contribution in [-0.4, -0.2) is 35.5 Å². The third kappa shape index (κ3) is 2.58. The van der Waals surface area contributed by atoms with Gasteiger partial charge in [-0.15, -0.1) is 0 Å². The maximum Gasteiger partial charge on any atom is 0.194 e. The average molecular weight is 287 g/mol. The molecule has 1 saturated heterocycles. The van der Waals surface area contributed by atoms with E-state index in [1.165, 1.54) is 0 Å². The van der Waals surface area contributed by atoms with E-state index < -0.39 is 11.4 Å². The van der Waals surface area contributed by atoms with Crippen molar-refractivity contribution in [3.63, 3.8) is 0 Å². The van der Waals surface area contributed by atoms with Crippen molar-refractivity contribution in [2.75, 3.05) is 13.2 Å². The van der Waals surface area contributed by atoms with E-state index in [4.69, 9.17) is 14.7 Å². The number of ketones is 1. The maximum absolute atomic E-state index is 12.5. The lowest BCUT2D eigenvalue weighted by Crippen LogP contribution is -2.48. The molecule has 110 valence electrons. The van der Waals surface area contributed by atoms with Crippen LogP contribution in [0.2, 0.25) is 0 Å². The Bertz CT molecular complexity index is 571. The molecule has 1 spiro atoms. The van der Waals surface area contributed by atoms with Crippen molar-refractivity contribution in [3.8, 4) is 6.07 Å². The molecule has 0 aromatic heterocycles. The van der Waals surface area contributed by atoms with Crippen LogP contribution in [0.25, 0.3) is 0 Å². The van der Waals surface area contributed by atoms with E-state index >= 15 is 0 Å². The Balaban J connectivity index is 1.73. The molecule has 0 radical (unpaired) electrons. The minimum absolute atomic E-state index is 0.292. The van der Waals surface area contributed by atoms with Crippen molar-refractivity contribution in [1.29, 1.82) is 5.26 Å². The number of rotatable bonds is 2. The molecule has 1 saturated carbocycles. The second-order valence-corrected chi connectivity index (χ2v) is 5.66. The molecule has 1 aliphatic heterocycles. The van der Waals surface area contributed by atoms with Gasteiger partial charge in [0.25, 0.3) is 0 Å². The fraction of sp³-hybridized carbons (Fsp3) is 0.500. The Hall–Kier alpha value is -1.74. The van der Waals surface area contributed by atoms with Gasteiger partial charge in [0.15, 0.2) is 11.6 Å². The van der Waals surface area contributed by atoms with Gasteiger partial charge < -0.3 is 14.6 Å². The van der Waals surface area contributed by atoms with Crippen LogP contribution in [0.15, 0.2) is 24.3 Å². The summed E-state index contributed by atoms with van der Waals surface area (Å²) in [5, 5.41) is 19.4. The monoisotopic (exact) mass is 287 g/mol. The number of nitriles is 1. The molecule has 1 aromatic rings. The molecule has 1 aromatic carbocycles. The molecule has 0 unspecified atom stereocenters. The van der Waals surface area contributed by atoms with Crippen LogP contribution in [0.1, 0.15) is 41.6 Å². The third-order valence-electron chi connectivity index (χ3n) is 4.35. The first-order valence-corrected chi connectivity index (χ1v) is 7.12. The maximum atomic E-state index is 12.5. The van der Waals surface area contributed by atoms with Crippen molar-refractivity contribution in [2.45, 2.75) is 37.1 Å². The van der Waals surface area contributed by atoms with Crippen molar-refractivity contribution >= 4 is 5.78 Å². The van der Waals surface area contributed by atoms with E-state index in [9.17, 15) is 9.90 Å². The van der Waals surface area contributed by atoms with E-state index in [-0.39, 0.29) is 5.78 Å². The van der Waals surface area contributed by atoms with Crippen LogP contribution in [0, 0.1) is 11.3 Å². The van der Waals surface area contributed by atoms with E-state index in [2.05, 4.69) is 0 Å². The number of aliphatic hydroxyl groups is 1. The van der Waals surface area contributed by atoms with Gasteiger partial charge in [-0.05, 0) is 37.1 Å². The summed E-state index contributed by atoms with van der Waals surface area (Å²) >= 11 is 0. The second-order valence-electron chi connectivity index (χ2n) is 5.66. The highest BCUT2D eigenvalue weighted by Crippen LogP contribution is 2.41. The molecule has 2 aliphatic rings. The van der Waals surface area contributed by atoms with E-state index in [1.807, 2.05) is 6.07 Å². The number of carbonyl (C=O) groups excluding carboxylic acids is 1. The summed E-state index contributed by atoms with van der Waals surface area (Å²) in [6.07, 6.45) is 1.69. The Morgan fingerprint density at radius 1 is 1.10 bits per heavy atom. The quantitative estimate of drug-likeness (QED) is 0.839. The lowest BCUT2D eigenvalue weighted by atomic mass is 9.77. The van der Waals surface area contributed by atoms with Crippen LogP contribution >= 0.6 is 0 Å². The second kappa shape index (κ2) is 5.23. The molecular formula is C16H17NO4. The SMILES string of the molecule is N#Cc1ccc(C(=O)C2(O)CCC3(CC2)OCCO3)cc1. The smallest absolute Gasteiger partial charge is 0.194 e. The highest BCUT2D eigenvalue weighted by Gasteiger charge is 2.48. The van der Waals surface area contributed by atoms with Gasteiger partial charge in [0, 0.05) is 18.4 Å². The lowest BCUT2D eigenvalue weighted by Gasteiger charge is -2.39. The van der Waals surface area contributed by atoms with Crippen molar-refractivity contribution in [2.24, 2.45) is 0 Å². The van der Waals surface area contributed by atoms with Gasteiger partial charge in [-0.1, -0.05) is 0 Å². The number of ether oxygens (including phenoxy) is 2. The number of Topliss-reactive ketones (excluding diaryl/α,β-unsaturated/α-hetero) is 1. The van der Waals surface area contributed by atoms with Crippen molar-refractivity contribution < 1.29 is 19.4 Å². The Kier molecular flexibility index (Phi) is 3.54. The van der Waals surface area contributed by atoms with Gasteiger partial charge in [0.05, 0.1) is 24.8 Å². The van der Waals surface area contributed by atoms with Gasteiger partial charge in [-0.2, -0.15) is 5.26 Å². The van der Waals surface area contributed by atoms with Crippen LogP contribution in [-0.2, 0) is 9.47 Å². The molecule has 1 heterocycles. The summed E-state index contributed by atoms with van der Waals surface area (Å²) in [7, 11) is 0. The predicted molar refractivity (Wildman–Crippen MR) is 73.5 cm³/mol.